The van der Waals surface area contributed by atoms with Crippen LogP contribution in [0, 0.1) is 0 Å². The molecular formula is C21H28N4O3. The third-order valence-corrected chi connectivity index (χ3v) is 4.84. The third kappa shape index (κ3) is 4.72. The maximum absolute atomic E-state index is 12.7. The number of hydrogen-bond acceptors (Lipinski definition) is 6. The molecule has 0 unspecified atom stereocenters. The van der Waals surface area contributed by atoms with Crippen LogP contribution in [0.5, 0.6) is 11.5 Å². The quantitative estimate of drug-likeness (QED) is 0.789. The second kappa shape index (κ2) is 9.41. The van der Waals surface area contributed by atoms with E-state index in [1.54, 1.807) is 31.5 Å². The first-order valence-corrected chi connectivity index (χ1v) is 9.58. The number of anilines is 1. The lowest BCUT2D eigenvalue weighted by Crippen LogP contribution is -2.45. The lowest BCUT2D eigenvalue weighted by Gasteiger charge is -2.34. The molecule has 2 heterocycles. The second-order valence-corrected chi connectivity index (χ2v) is 6.76. The Morgan fingerprint density at radius 3 is 2.68 bits per heavy atom. The molecule has 2 aromatic rings. The normalized spacial score (nSPS) is 14.6. The van der Waals surface area contributed by atoms with E-state index in [2.05, 4.69) is 27.1 Å². The Balaban J connectivity index is 1.69. The number of pyridine rings is 1. The van der Waals surface area contributed by atoms with Crippen LogP contribution in [0.2, 0.25) is 0 Å². The molecule has 0 atom stereocenters. The minimum absolute atomic E-state index is 0.156. The van der Waals surface area contributed by atoms with E-state index in [-0.39, 0.29) is 5.91 Å². The van der Waals surface area contributed by atoms with Crippen molar-refractivity contribution in [2.24, 2.45) is 0 Å². The van der Waals surface area contributed by atoms with E-state index in [1.165, 1.54) is 0 Å². The van der Waals surface area contributed by atoms with Gasteiger partial charge in [-0.05, 0) is 38.2 Å². The summed E-state index contributed by atoms with van der Waals surface area (Å²) < 4.78 is 10.8. The molecule has 0 spiro atoms. The van der Waals surface area contributed by atoms with Gasteiger partial charge in [0.05, 0.1) is 13.7 Å². The van der Waals surface area contributed by atoms with Crippen LogP contribution in [0.3, 0.4) is 0 Å². The summed E-state index contributed by atoms with van der Waals surface area (Å²) in [4.78, 5) is 21.8. The lowest BCUT2D eigenvalue weighted by molar-refractivity contribution is 0.0950. The Hall–Kier alpha value is -2.80. The Morgan fingerprint density at radius 1 is 1.18 bits per heavy atom. The molecule has 1 N–H and O–H groups in total. The molecule has 1 aliphatic rings. The second-order valence-electron chi connectivity index (χ2n) is 6.76. The number of benzene rings is 1. The molecule has 1 saturated heterocycles. The van der Waals surface area contributed by atoms with Gasteiger partial charge in [-0.25, -0.2) is 4.98 Å². The first kappa shape index (κ1) is 19.9. The summed E-state index contributed by atoms with van der Waals surface area (Å²) in [6.45, 7) is 6.71. The Kier molecular flexibility index (Phi) is 6.71. The van der Waals surface area contributed by atoms with E-state index >= 15 is 0 Å². The summed E-state index contributed by atoms with van der Waals surface area (Å²) in [5.74, 6) is 1.97. The van der Waals surface area contributed by atoms with Crippen molar-refractivity contribution in [3.63, 3.8) is 0 Å². The van der Waals surface area contributed by atoms with Gasteiger partial charge in [-0.3, -0.25) is 4.79 Å². The summed E-state index contributed by atoms with van der Waals surface area (Å²) >= 11 is 0. The Bertz CT molecular complexity index is 804. The number of ether oxygens (including phenoxy) is 2. The van der Waals surface area contributed by atoms with Crippen LogP contribution in [0.4, 0.5) is 5.82 Å². The van der Waals surface area contributed by atoms with Crippen molar-refractivity contribution in [2.75, 3.05) is 51.8 Å². The van der Waals surface area contributed by atoms with Crippen LogP contribution in [0.1, 0.15) is 22.8 Å². The van der Waals surface area contributed by atoms with Crippen molar-refractivity contribution in [3.8, 4) is 11.5 Å². The number of methoxy groups -OCH3 is 1. The molecule has 1 aromatic carbocycles. The number of nitrogens with zero attached hydrogens (tertiary/aromatic N) is 3. The average molecular weight is 384 g/mol. The number of hydrogen-bond donors (Lipinski definition) is 1. The summed E-state index contributed by atoms with van der Waals surface area (Å²) in [6, 6.07) is 9.12. The van der Waals surface area contributed by atoms with Crippen LogP contribution >= 0.6 is 0 Å². The molecular weight excluding hydrogens is 356 g/mol. The van der Waals surface area contributed by atoms with Gasteiger partial charge >= 0.3 is 0 Å². The number of rotatable bonds is 7. The van der Waals surface area contributed by atoms with Crippen LogP contribution < -0.4 is 19.7 Å². The molecule has 1 amide bonds. The zero-order valence-electron chi connectivity index (χ0n) is 16.8. The topological polar surface area (TPSA) is 66.9 Å². The van der Waals surface area contributed by atoms with Gasteiger partial charge in [0.1, 0.15) is 5.82 Å². The van der Waals surface area contributed by atoms with Crippen LogP contribution in [0.15, 0.2) is 36.5 Å². The van der Waals surface area contributed by atoms with E-state index in [0.29, 0.717) is 30.2 Å². The standard InChI is InChI=1S/C21H28N4O3/c1-4-28-19-14-16(7-8-18(19)27-3)21(26)23-15-17-6-5-9-22-20(17)25-12-10-24(2)11-13-25/h5-9,14H,4,10-13,15H2,1-3H3,(H,23,26). The molecule has 1 aliphatic heterocycles. The van der Waals surface area contributed by atoms with Gasteiger partial charge in [-0.15, -0.1) is 0 Å². The molecule has 0 radical (unpaired) electrons. The zero-order valence-corrected chi connectivity index (χ0v) is 16.8. The van der Waals surface area contributed by atoms with Crippen LogP contribution in [-0.2, 0) is 6.54 Å². The first-order valence-electron chi connectivity index (χ1n) is 9.58. The molecule has 7 nitrogen and oxygen atoms in total. The minimum atomic E-state index is -0.156. The average Bonchev–Trinajstić information content (AvgIpc) is 2.73. The highest BCUT2D eigenvalue weighted by molar-refractivity contribution is 5.94. The molecule has 3 rings (SSSR count). The van der Waals surface area contributed by atoms with E-state index in [9.17, 15) is 4.79 Å². The van der Waals surface area contributed by atoms with E-state index < -0.39 is 0 Å². The molecule has 28 heavy (non-hydrogen) atoms. The maximum atomic E-state index is 12.7. The number of piperazine rings is 1. The van der Waals surface area contributed by atoms with Gasteiger partial charge in [0.2, 0.25) is 0 Å². The van der Waals surface area contributed by atoms with E-state index in [1.807, 2.05) is 19.1 Å². The molecule has 7 heteroatoms. The third-order valence-electron chi connectivity index (χ3n) is 4.84. The van der Waals surface area contributed by atoms with E-state index in [0.717, 1.165) is 37.6 Å². The fourth-order valence-corrected chi connectivity index (χ4v) is 3.24. The fraction of sp³-hybridized carbons (Fsp3) is 0.429. The molecule has 150 valence electrons. The van der Waals surface area contributed by atoms with Crippen molar-refractivity contribution >= 4 is 11.7 Å². The van der Waals surface area contributed by atoms with Gasteiger partial charge in [0.15, 0.2) is 11.5 Å². The van der Waals surface area contributed by atoms with E-state index in [4.69, 9.17) is 9.47 Å². The fourth-order valence-electron chi connectivity index (χ4n) is 3.24. The van der Waals surface area contributed by atoms with Gasteiger partial charge < -0.3 is 24.6 Å². The first-order chi connectivity index (χ1) is 13.6. The monoisotopic (exact) mass is 384 g/mol. The number of amides is 1. The number of likely N-dealkylation sites (N-methyl/N-ethyl adjacent to an activating group) is 1. The lowest BCUT2D eigenvalue weighted by atomic mass is 10.1. The highest BCUT2D eigenvalue weighted by Crippen LogP contribution is 2.28. The smallest absolute Gasteiger partial charge is 0.251 e. The Labute approximate surface area is 166 Å². The predicted octanol–water partition coefficient (Wildman–Crippen LogP) is 2.17. The zero-order chi connectivity index (χ0) is 19.9. The highest BCUT2D eigenvalue weighted by atomic mass is 16.5. The molecule has 0 saturated carbocycles. The number of aromatic nitrogens is 1. The van der Waals surface area contributed by atoms with Gasteiger partial charge in [-0.1, -0.05) is 6.07 Å². The summed E-state index contributed by atoms with van der Waals surface area (Å²) in [5, 5.41) is 3.00. The molecule has 1 fully saturated rings. The van der Waals surface area contributed by atoms with Gasteiger partial charge in [0, 0.05) is 50.0 Å². The van der Waals surface area contributed by atoms with Crippen molar-refractivity contribution in [3.05, 3.63) is 47.7 Å². The van der Waals surface area contributed by atoms with Crippen molar-refractivity contribution in [1.82, 2.24) is 15.2 Å². The summed E-state index contributed by atoms with van der Waals surface area (Å²) in [6.07, 6.45) is 1.80. The van der Waals surface area contributed by atoms with Crippen molar-refractivity contribution < 1.29 is 14.3 Å². The van der Waals surface area contributed by atoms with Crippen molar-refractivity contribution in [1.29, 1.82) is 0 Å². The molecule has 0 bridgehead atoms. The molecule has 0 aliphatic carbocycles. The largest absolute Gasteiger partial charge is 0.493 e. The van der Waals surface area contributed by atoms with Crippen molar-refractivity contribution in [2.45, 2.75) is 13.5 Å². The maximum Gasteiger partial charge on any atom is 0.251 e. The molecule has 1 aromatic heterocycles. The number of carbonyl (C=O) groups is 1. The number of carbonyl (C=O) groups excluding carboxylic acids is 1. The highest BCUT2D eigenvalue weighted by Gasteiger charge is 2.18. The van der Waals surface area contributed by atoms with Crippen LogP contribution in [-0.4, -0.2) is 62.7 Å². The van der Waals surface area contributed by atoms with Gasteiger partial charge in [0.25, 0.3) is 5.91 Å². The number of nitrogens with one attached hydrogen (secondary N) is 1. The SMILES string of the molecule is CCOc1cc(C(=O)NCc2cccnc2N2CCN(C)CC2)ccc1OC. The summed E-state index contributed by atoms with van der Waals surface area (Å²) in [7, 11) is 3.71. The Morgan fingerprint density at radius 2 is 1.96 bits per heavy atom. The minimum Gasteiger partial charge on any atom is -0.493 e. The van der Waals surface area contributed by atoms with Gasteiger partial charge in [-0.2, -0.15) is 0 Å². The van der Waals surface area contributed by atoms with Crippen LogP contribution in [0.25, 0.3) is 0 Å². The summed E-state index contributed by atoms with van der Waals surface area (Å²) in [5.41, 5.74) is 1.55. The predicted molar refractivity (Wildman–Crippen MR) is 109 cm³/mol.